The van der Waals surface area contributed by atoms with Crippen molar-refractivity contribution in [3.63, 3.8) is 0 Å². The SMILES string of the molecule is Cn1ccc(NC(=O)COc2cccc(N3CCCC3=O)c2)n1. The molecule has 1 aromatic heterocycles. The van der Waals surface area contributed by atoms with Crippen LogP contribution in [0.15, 0.2) is 36.5 Å². The number of amides is 2. The lowest BCUT2D eigenvalue weighted by atomic mass is 10.3. The Morgan fingerprint density at radius 2 is 2.26 bits per heavy atom. The second kappa shape index (κ2) is 6.51. The number of hydrogen-bond acceptors (Lipinski definition) is 4. The zero-order valence-corrected chi connectivity index (χ0v) is 12.9. The van der Waals surface area contributed by atoms with Gasteiger partial charge in [0.15, 0.2) is 12.4 Å². The van der Waals surface area contributed by atoms with Gasteiger partial charge < -0.3 is 15.0 Å². The Hall–Kier alpha value is -2.83. The standard InChI is InChI=1S/C16H18N4O3/c1-19-9-7-14(18-19)17-15(21)11-23-13-5-2-4-12(10-13)20-8-3-6-16(20)22/h2,4-5,7,9-10H,3,6,8,11H2,1H3,(H,17,18,21). The highest BCUT2D eigenvalue weighted by Gasteiger charge is 2.21. The first kappa shape index (κ1) is 15.1. The maximum atomic E-state index is 11.8. The molecule has 1 aliphatic rings. The van der Waals surface area contributed by atoms with Gasteiger partial charge in [0, 0.05) is 44.0 Å². The molecule has 1 N–H and O–H groups in total. The van der Waals surface area contributed by atoms with Crippen molar-refractivity contribution in [3.8, 4) is 5.75 Å². The minimum Gasteiger partial charge on any atom is -0.484 e. The molecule has 2 amide bonds. The Balaban J connectivity index is 1.57. The number of rotatable bonds is 5. The quantitative estimate of drug-likeness (QED) is 0.909. The molecule has 0 bridgehead atoms. The Bertz CT molecular complexity index is 726. The first-order chi connectivity index (χ1) is 11.1. The average Bonchev–Trinajstić information content (AvgIpc) is 3.14. The van der Waals surface area contributed by atoms with Crippen LogP contribution in [-0.2, 0) is 16.6 Å². The maximum absolute atomic E-state index is 11.8. The van der Waals surface area contributed by atoms with E-state index in [2.05, 4.69) is 10.4 Å². The summed E-state index contributed by atoms with van der Waals surface area (Å²) in [4.78, 5) is 25.3. The second-order valence-electron chi connectivity index (χ2n) is 5.36. The number of nitrogens with one attached hydrogen (secondary N) is 1. The summed E-state index contributed by atoms with van der Waals surface area (Å²) >= 11 is 0. The number of anilines is 2. The van der Waals surface area contributed by atoms with Crippen molar-refractivity contribution >= 4 is 23.3 Å². The first-order valence-electron chi connectivity index (χ1n) is 7.44. The number of hydrogen-bond donors (Lipinski definition) is 1. The minimum atomic E-state index is -0.286. The van der Waals surface area contributed by atoms with Gasteiger partial charge in [0.05, 0.1) is 0 Å². The predicted octanol–water partition coefficient (Wildman–Crippen LogP) is 1.56. The van der Waals surface area contributed by atoms with E-state index in [4.69, 9.17) is 4.74 Å². The molecule has 2 heterocycles. The van der Waals surface area contributed by atoms with Gasteiger partial charge in [-0.3, -0.25) is 14.3 Å². The molecule has 3 rings (SSSR count). The van der Waals surface area contributed by atoms with Crippen LogP contribution in [0.5, 0.6) is 5.75 Å². The van der Waals surface area contributed by atoms with Gasteiger partial charge in [-0.15, -0.1) is 0 Å². The fraction of sp³-hybridized carbons (Fsp3) is 0.312. The monoisotopic (exact) mass is 314 g/mol. The minimum absolute atomic E-state index is 0.117. The number of aromatic nitrogens is 2. The normalized spacial score (nSPS) is 14.1. The molecule has 1 aromatic carbocycles. The Morgan fingerprint density at radius 3 is 2.96 bits per heavy atom. The third-order valence-corrected chi connectivity index (χ3v) is 3.55. The van der Waals surface area contributed by atoms with Gasteiger partial charge in [-0.25, -0.2) is 0 Å². The van der Waals surface area contributed by atoms with Gasteiger partial charge in [-0.05, 0) is 18.6 Å². The summed E-state index contributed by atoms with van der Waals surface area (Å²) in [5, 5.41) is 6.71. The molecule has 0 radical (unpaired) electrons. The smallest absolute Gasteiger partial charge is 0.263 e. The molecule has 0 aliphatic carbocycles. The molecule has 1 aliphatic heterocycles. The topological polar surface area (TPSA) is 76.5 Å². The highest BCUT2D eigenvalue weighted by molar-refractivity contribution is 5.95. The van der Waals surface area contributed by atoms with Crippen molar-refractivity contribution in [2.45, 2.75) is 12.8 Å². The molecular weight excluding hydrogens is 296 g/mol. The summed E-state index contributed by atoms with van der Waals surface area (Å²) in [6.07, 6.45) is 3.20. The summed E-state index contributed by atoms with van der Waals surface area (Å²) in [5.41, 5.74) is 0.801. The van der Waals surface area contributed by atoms with Crippen molar-refractivity contribution in [1.82, 2.24) is 9.78 Å². The van der Waals surface area contributed by atoms with Crippen molar-refractivity contribution in [3.05, 3.63) is 36.5 Å². The third-order valence-electron chi connectivity index (χ3n) is 3.55. The number of nitrogens with zero attached hydrogens (tertiary/aromatic N) is 3. The summed E-state index contributed by atoms with van der Waals surface area (Å²) in [6.45, 7) is 0.608. The number of aryl methyl sites for hydroxylation is 1. The third kappa shape index (κ3) is 3.68. The zero-order chi connectivity index (χ0) is 16.2. The molecule has 0 atom stereocenters. The van der Waals surface area contributed by atoms with Gasteiger partial charge in [-0.2, -0.15) is 5.10 Å². The lowest BCUT2D eigenvalue weighted by molar-refractivity contribution is -0.118. The zero-order valence-electron chi connectivity index (χ0n) is 12.9. The van der Waals surface area contributed by atoms with E-state index >= 15 is 0 Å². The number of benzene rings is 1. The van der Waals surface area contributed by atoms with Crippen molar-refractivity contribution in [1.29, 1.82) is 0 Å². The van der Waals surface area contributed by atoms with Crippen LogP contribution in [0, 0.1) is 0 Å². The van der Waals surface area contributed by atoms with Crippen LogP contribution in [-0.4, -0.2) is 34.7 Å². The number of carbonyl (C=O) groups excluding carboxylic acids is 2. The van der Waals surface area contributed by atoms with E-state index in [1.807, 2.05) is 12.1 Å². The van der Waals surface area contributed by atoms with Gasteiger partial charge in [0.1, 0.15) is 5.75 Å². The van der Waals surface area contributed by atoms with Gasteiger partial charge >= 0.3 is 0 Å². The second-order valence-corrected chi connectivity index (χ2v) is 5.36. The Labute approximate surface area is 133 Å². The summed E-state index contributed by atoms with van der Waals surface area (Å²) in [5.74, 6) is 0.872. The summed E-state index contributed by atoms with van der Waals surface area (Å²) in [7, 11) is 1.78. The fourth-order valence-electron chi connectivity index (χ4n) is 2.47. The average molecular weight is 314 g/mol. The van der Waals surface area contributed by atoms with Crippen LogP contribution in [0.2, 0.25) is 0 Å². The largest absolute Gasteiger partial charge is 0.484 e. The molecule has 7 nitrogen and oxygen atoms in total. The molecule has 1 saturated heterocycles. The van der Waals surface area contributed by atoms with E-state index in [1.54, 1.807) is 41.0 Å². The summed E-state index contributed by atoms with van der Waals surface area (Å²) < 4.78 is 7.10. The Kier molecular flexibility index (Phi) is 4.27. The van der Waals surface area contributed by atoms with Crippen LogP contribution < -0.4 is 15.0 Å². The molecule has 120 valence electrons. The molecular formula is C16H18N4O3. The van der Waals surface area contributed by atoms with Crippen LogP contribution >= 0.6 is 0 Å². The van der Waals surface area contributed by atoms with Crippen molar-refractivity contribution < 1.29 is 14.3 Å². The molecule has 0 unspecified atom stereocenters. The molecule has 7 heteroatoms. The fourth-order valence-corrected chi connectivity index (χ4v) is 2.47. The summed E-state index contributed by atoms with van der Waals surface area (Å²) in [6, 6.07) is 8.92. The molecule has 1 fully saturated rings. The van der Waals surface area contributed by atoms with Crippen LogP contribution in [0.3, 0.4) is 0 Å². The van der Waals surface area contributed by atoms with Crippen molar-refractivity contribution in [2.24, 2.45) is 7.05 Å². The molecule has 0 saturated carbocycles. The van der Waals surface area contributed by atoms with Gasteiger partial charge in [0.2, 0.25) is 5.91 Å². The van der Waals surface area contributed by atoms with E-state index in [9.17, 15) is 9.59 Å². The van der Waals surface area contributed by atoms with Crippen molar-refractivity contribution in [2.75, 3.05) is 23.4 Å². The molecule has 0 spiro atoms. The molecule has 2 aromatic rings. The highest BCUT2D eigenvalue weighted by atomic mass is 16.5. The number of carbonyl (C=O) groups is 2. The van der Waals surface area contributed by atoms with Crippen LogP contribution in [0.1, 0.15) is 12.8 Å². The predicted molar refractivity (Wildman–Crippen MR) is 85.4 cm³/mol. The highest BCUT2D eigenvalue weighted by Crippen LogP contribution is 2.25. The number of ether oxygens (including phenoxy) is 1. The van der Waals surface area contributed by atoms with Crippen LogP contribution in [0.4, 0.5) is 11.5 Å². The Morgan fingerprint density at radius 1 is 1.39 bits per heavy atom. The van der Waals surface area contributed by atoms with Crippen LogP contribution in [0.25, 0.3) is 0 Å². The van der Waals surface area contributed by atoms with E-state index in [1.165, 1.54) is 0 Å². The lowest BCUT2D eigenvalue weighted by Crippen LogP contribution is -2.24. The van der Waals surface area contributed by atoms with Gasteiger partial charge in [0.25, 0.3) is 5.91 Å². The van der Waals surface area contributed by atoms with E-state index in [-0.39, 0.29) is 18.4 Å². The molecule has 23 heavy (non-hydrogen) atoms. The maximum Gasteiger partial charge on any atom is 0.263 e. The van der Waals surface area contributed by atoms with E-state index < -0.39 is 0 Å². The first-order valence-corrected chi connectivity index (χ1v) is 7.44. The van der Waals surface area contributed by atoms with E-state index in [0.717, 1.165) is 18.7 Å². The lowest BCUT2D eigenvalue weighted by Gasteiger charge is -2.16. The van der Waals surface area contributed by atoms with Gasteiger partial charge in [-0.1, -0.05) is 6.07 Å². The van der Waals surface area contributed by atoms with E-state index in [0.29, 0.717) is 18.0 Å².